The van der Waals surface area contributed by atoms with Gasteiger partial charge in [0.2, 0.25) is 12.2 Å². The van der Waals surface area contributed by atoms with Crippen LogP contribution in [0.4, 0.5) is 18.9 Å². The smallest absolute Gasteiger partial charge is 0.446 e. The molecule has 1 aliphatic carbocycles. The van der Waals surface area contributed by atoms with Crippen molar-refractivity contribution in [3.05, 3.63) is 95.1 Å². The Morgan fingerprint density at radius 1 is 0.960 bits per heavy atom. The number of esters is 1. The summed E-state index contributed by atoms with van der Waals surface area (Å²) in [6.45, 7) is 0.268. The lowest BCUT2D eigenvalue weighted by Crippen LogP contribution is -2.37. The highest BCUT2D eigenvalue weighted by Crippen LogP contribution is 2.37. The molecule has 3 aromatic carbocycles. The van der Waals surface area contributed by atoms with Crippen LogP contribution in [0.2, 0.25) is 0 Å². The van der Waals surface area contributed by atoms with Gasteiger partial charge in [-0.15, -0.1) is 0 Å². The Morgan fingerprint density at radius 2 is 1.58 bits per heavy atom. The lowest BCUT2D eigenvalue weighted by atomic mass is 9.80. The Bertz CT molecular complexity index is 1660. The van der Waals surface area contributed by atoms with Crippen molar-refractivity contribution in [3.63, 3.8) is 0 Å². The summed E-state index contributed by atoms with van der Waals surface area (Å²) in [5.41, 5.74) is 14.5. The number of rotatable bonds is 13. The maximum atomic E-state index is 13.7. The zero-order valence-corrected chi connectivity index (χ0v) is 26.8. The average Bonchev–Trinajstić information content (AvgIpc) is 3.04. The molecule has 0 heterocycles. The highest BCUT2D eigenvalue weighted by atomic mass is 19.4. The van der Waals surface area contributed by atoms with Gasteiger partial charge in [0.15, 0.2) is 5.96 Å². The van der Waals surface area contributed by atoms with Crippen molar-refractivity contribution < 1.29 is 52.1 Å². The number of nitrogens with two attached hydrogens (primary N) is 2. The molecule has 3 aromatic rings. The topological polar surface area (TPSA) is 203 Å². The van der Waals surface area contributed by atoms with Crippen LogP contribution in [0.15, 0.2) is 77.8 Å². The van der Waals surface area contributed by atoms with Crippen LogP contribution < -0.4 is 16.2 Å². The molecular formula is C35H37F3N4O8. The molecule has 0 aromatic heterocycles. The first kappa shape index (κ1) is 38.7. The maximum Gasteiger partial charge on any atom is 0.446 e. The standard InChI is InChI=1S/C33H36N4O7.C2HF3O/c34-33(35)36-26-11-9-23(10-12-26)32(43)44-27-13-14-28-24(17-27)7-4-8-25(28)18-29(38)37(19-21-5-2-1-3-6-21)20-22(15-30(39)40)16-31(41)42;3-2(4,5)1-6/h1-3,5-6,9-14,17,22,25H,4,7-8,15-16,18-20H2,(H,39,40)(H,41,42)(H4,34,35,36);1H. The molecule has 0 saturated carbocycles. The molecule has 0 aliphatic heterocycles. The molecule has 15 heteroatoms. The van der Waals surface area contributed by atoms with E-state index in [1.54, 1.807) is 35.2 Å². The monoisotopic (exact) mass is 698 g/mol. The Morgan fingerprint density at radius 3 is 2.14 bits per heavy atom. The van der Waals surface area contributed by atoms with Crippen LogP contribution in [0.25, 0.3) is 0 Å². The van der Waals surface area contributed by atoms with Gasteiger partial charge in [0.05, 0.1) is 24.1 Å². The molecule has 0 radical (unpaired) electrons. The Balaban J connectivity index is 0.00000103. The van der Waals surface area contributed by atoms with E-state index in [9.17, 15) is 42.6 Å². The van der Waals surface area contributed by atoms with E-state index < -0.39 is 36.3 Å². The molecular weight excluding hydrogens is 661 g/mol. The third-order valence-corrected chi connectivity index (χ3v) is 7.65. The van der Waals surface area contributed by atoms with Crippen molar-refractivity contribution in [3.8, 4) is 5.75 Å². The summed E-state index contributed by atoms with van der Waals surface area (Å²) in [5.74, 6) is -3.42. The van der Waals surface area contributed by atoms with Gasteiger partial charge in [0.1, 0.15) is 5.75 Å². The minimum atomic E-state index is -4.64. The number of aldehydes is 1. The molecule has 0 fully saturated rings. The normalized spacial score (nSPS) is 13.6. The van der Waals surface area contributed by atoms with Crippen molar-refractivity contribution in [2.45, 2.75) is 57.2 Å². The van der Waals surface area contributed by atoms with Crippen molar-refractivity contribution in [1.29, 1.82) is 0 Å². The molecule has 0 spiro atoms. The van der Waals surface area contributed by atoms with Gasteiger partial charge in [-0.2, -0.15) is 13.2 Å². The zero-order chi connectivity index (χ0) is 36.8. The largest absolute Gasteiger partial charge is 0.481 e. The summed E-state index contributed by atoms with van der Waals surface area (Å²) in [5, 5.41) is 18.7. The van der Waals surface area contributed by atoms with Gasteiger partial charge in [0.25, 0.3) is 0 Å². The number of ether oxygens (including phenoxy) is 1. The van der Waals surface area contributed by atoms with Gasteiger partial charge in [-0.05, 0) is 84.2 Å². The van der Waals surface area contributed by atoms with E-state index in [0.29, 0.717) is 17.0 Å². The minimum Gasteiger partial charge on any atom is -0.481 e. The molecule has 1 atom stereocenters. The van der Waals surface area contributed by atoms with Gasteiger partial charge in [0, 0.05) is 19.5 Å². The number of carboxylic acids is 2. The lowest BCUT2D eigenvalue weighted by Gasteiger charge is -2.31. The number of carbonyl (C=O) groups excluding carboxylic acids is 3. The van der Waals surface area contributed by atoms with Gasteiger partial charge < -0.3 is 31.3 Å². The van der Waals surface area contributed by atoms with Gasteiger partial charge in [-0.3, -0.25) is 19.2 Å². The predicted molar refractivity (Wildman–Crippen MR) is 176 cm³/mol. The maximum absolute atomic E-state index is 13.7. The third-order valence-electron chi connectivity index (χ3n) is 7.65. The van der Waals surface area contributed by atoms with Crippen molar-refractivity contribution in [1.82, 2.24) is 4.90 Å². The number of benzene rings is 3. The molecule has 1 aliphatic rings. The number of carbonyl (C=O) groups is 5. The summed E-state index contributed by atoms with van der Waals surface area (Å²) in [7, 11) is 0. The van der Waals surface area contributed by atoms with E-state index in [0.717, 1.165) is 36.0 Å². The van der Waals surface area contributed by atoms with Gasteiger partial charge >= 0.3 is 24.1 Å². The van der Waals surface area contributed by atoms with Crippen molar-refractivity contribution >= 4 is 41.7 Å². The van der Waals surface area contributed by atoms with Crippen LogP contribution in [0.1, 0.15) is 65.1 Å². The summed E-state index contributed by atoms with van der Waals surface area (Å²) >= 11 is 0. The highest BCUT2D eigenvalue weighted by Gasteiger charge is 2.29. The fraction of sp³-hybridized carbons (Fsp3) is 0.314. The van der Waals surface area contributed by atoms with Crippen molar-refractivity contribution in [2.24, 2.45) is 22.4 Å². The Kier molecular flexibility index (Phi) is 14.1. The second-order valence-electron chi connectivity index (χ2n) is 11.6. The average molecular weight is 699 g/mol. The number of carboxylic acid groups (broad SMARTS) is 2. The number of hydrogen-bond acceptors (Lipinski definition) is 7. The molecule has 0 bridgehead atoms. The number of halogens is 3. The van der Waals surface area contributed by atoms with E-state index in [1.807, 2.05) is 42.5 Å². The highest BCUT2D eigenvalue weighted by molar-refractivity contribution is 5.91. The van der Waals surface area contributed by atoms with E-state index in [2.05, 4.69) is 4.99 Å². The zero-order valence-electron chi connectivity index (χ0n) is 26.8. The fourth-order valence-electron chi connectivity index (χ4n) is 5.56. The van der Waals surface area contributed by atoms with E-state index in [4.69, 9.17) is 21.0 Å². The Hall–Kier alpha value is -5.73. The second-order valence-corrected chi connectivity index (χ2v) is 11.6. The minimum absolute atomic E-state index is 0.0216. The Labute approximate surface area is 285 Å². The number of aryl methyl sites for hydroxylation is 1. The van der Waals surface area contributed by atoms with E-state index in [-0.39, 0.29) is 50.1 Å². The number of aliphatic carboxylic acids is 2. The summed E-state index contributed by atoms with van der Waals surface area (Å²) < 4.78 is 36.9. The number of guanidine groups is 1. The third kappa shape index (κ3) is 13.1. The second kappa shape index (κ2) is 18.1. The van der Waals surface area contributed by atoms with E-state index >= 15 is 0 Å². The van der Waals surface area contributed by atoms with E-state index in [1.165, 1.54) is 0 Å². The number of fused-ring (bicyclic) bond motifs is 1. The number of nitrogens with zero attached hydrogens (tertiary/aromatic N) is 2. The van der Waals surface area contributed by atoms with Crippen LogP contribution in [0, 0.1) is 5.92 Å². The number of aliphatic imine (C=N–C) groups is 1. The molecule has 266 valence electrons. The molecule has 12 nitrogen and oxygen atoms in total. The SMILES string of the molecule is NC(N)=Nc1ccc(C(=O)Oc2ccc3c(c2)CCCC3CC(=O)N(Cc2ccccc2)CC(CC(=O)O)CC(=O)O)cc1.O=CC(F)(F)F. The van der Waals surface area contributed by atoms with Crippen molar-refractivity contribution in [2.75, 3.05) is 6.54 Å². The molecule has 1 amide bonds. The van der Waals surface area contributed by atoms with Crippen LogP contribution in [-0.4, -0.2) is 63.9 Å². The van der Waals surface area contributed by atoms with Crippen LogP contribution in [-0.2, 0) is 32.1 Å². The molecule has 4 rings (SSSR count). The summed E-state index contributed by atoms with van der Waals surface area (Å²) in [6.07, 6.45) is -3.81. The van der Waals surface area contributed by atoms with Crippen LogP contribution in [0.3, 0.4) is 0 Å². The number of alkyl halides is 3. The molecule has 50 heavy (non-hydrogen) atoms. The fourth-order valence-corrected chi connectivity index (χ4v) is 5.56. The quantitative estimate of drug-likeness (QED) is 0.0621. The number of hydrogen-bond donors (Lipinski definition) is 4. The first-order chi connectivity index (χ1) is 23.6. The summed E-state index contributed by atoms with van der Waals surface area (Å²) in [6, 6.07) is 21.1. The lowest BCUT2D eigenvalue weighted by molar-refractivity contribution is -0.156. The first-order valence-corrected chi connectivity index (χ1v) is 15.5. The number of amides is 1. The first-order valence-electron chi connectivity index (χ1n) is 15.5. The summed E-state index contributed by atoms with van der Waals surface area (Å²) in [4.78, 5) is 63.6. The molecule has 6 N–H and O–H groups in total. The van der Waals surface area contributed by atoms with Crippen LogP contribution >= 0.6 is 0 Å². The molecule has 0 saturated heterocycles. The van der Waals surface area contributed by atoms with Gasteiger partial charge in [-0.25, -0.2) is 9.79 Å². The van der Waals surface area contributed by atoms with Gasteiger partial charge in [-0.1, -0.05) is 36.4 Å². The molecule has 1 unspecified atom stereocenters. The predicted octanol–water partition coefficient (Wildman–Crippen LogP) is 4.96. The van der Waals surface area contributed by atoms with Crippen LogP contribution in [0.5, 0.6) is 5.75 Å².